The standard InChI is InChI=1S/C20H30FN5O2/c1-22-20(24-18-13-16(18)15-5-3-4-6-17(15)21)26-10-8-25(9-11-26)14-19(27)23-7-12-28-2/h3-6,16,18H,7-14H2,1-2H3,(H,22,24)(H,23,27). The summed E-state index contributed by atoms with van der Waals surface area (Å²) < 4.78 is 18.9. The highest BCUT2D eigenvalue weighted by Crippen LogP contribution is 2.41. The van der Waals surface area contributed by atoms with E-state index in [-0.39, 0.29) is 23.7 Å². The molecular weight excluding hydrogens is 361 g/mol. The third-order valence-corrected chi connectivity index (χ3v) is 5.29. The zero-order chi connectivity index (χ0) is 19.9. The van der Waals surface area contributed by atoms with Crippen LogP contribution in [0.2, 0.25) is 0 Å². The summed E-state index contributed by atoms with van der Waals surface area (Å²) in [6.45, 7) is 4.69. The predicted molar refractivity (Wildman–Crippen MR) is 107 cm³/mol. The third kappa shape index (κ3) is 5.42. The van der Waals surface area contributed by atoms with Crippen LogP contribution < -0.4 is 10.6 Å². The summed E-state index contributed by atoms with van der Waals surface area (Å²) in [5.74, 6) is 0.950. The molecule has 8 heteroatoms. The molecule has 2 fully saturated rings. The average molecular weight is 391 g/mol. The number of piperazine rings is 1. The molecule has 1 heterocycles. The van der Waals surface area contributed by atoms with Crippen LogP contribution in [0.15, 0.2) is 29.3 Å². The Balaban J connectivity index is 1.42. The SMILES string of the molecule is CN=C(NC1CC1c1ccccc1F)N1CCN(CC(=O)NCCOC)CC1. The van der Waals surface area contributed by atoms with Gasteiger partial charge in [0.1, 0.15) is 5.82 Å². The molecule has 28 heavy (non-hydrogen) atoms. The monoisotopic (exact) mass is 391 g/mol. The minimum atomic E-state index is -0.135. The van der Waals surface area contributed by atoms with Crippen molar-refractivity contribution in [2.75, 3.05) is 60.0 Å². The summed E-state index contributed by atoms with van der Waals surface area (Å²) in [5.41, 5.74) is 0.778. The first-order chi connectivity index (χ1) is 13.6. The number of carbonyl (C=O) groups excluding carboxylic acids is 1. The van der Waals surface area contributed by atoms with E-state index >= 15 is 0 Å². The van der Waals surface area contributed by atoms with E-state index < -0.39 is 0 Å². The molecule has 3 rings (SSSR count). The molecule has 0 aromatic heterocycles. The molecule has 2 aliphatic rings. The Morgan fingerprint density at radius 3 is 2.71 bits per heavy atom. The van der Waals surface area contributed by atoms with Gasteiger partial charge in [-0.3, -0.25) is 14.7 Å². The molecule has 0 spiro atoms. The molecule has 2 N–H and O–H groups in total. The Hall–Kier alpha value is -2.19. The zero-order valence-electron chi connectivity index (χ0n) is 16.7. The molecule has 2 unspecified atom stereocenters. The minimum Gasteiger partial charge on any atom is -0.383 e. The van der Waals surface area contributed by atoms with E-state index in [0.29, 0.717) is 19.7 Å². The molecule has 7 nitrogen and oxygen atoms in total. The van der Waals surface area contributed by atoms with Crippen molar-refractivity contribution in [1.29, 1.82) is 0 Å². The number of rotatable bonds is 7. The van der Waals surface area contributed by atoms with Gasteiger partial charge in [-0.2, -0.15) is 0 Å². The normalized spacial score (nSPS) is 22.8. The second-order valence-corrected chi connectivity index (χ2v) is 7.27. The Bertz CT molecular complexity index is 691. The van der Waals surface area contributed by atoms with Gasteiger partial charge >= 0.3 is 0 Å². The smallest absolute Gasteiger partial charge is 0.234 e. The highest BCUT2D eigenvalue weighted by Gasteiger charge is 2.41. The third-order valence-electron chi connectivity index (χ3n) is 5.29. The summed E-state index contributed by atoms with van der Waals surface area (Å²) in [7, 11) is 3.39. The van der Waals surface area contributed by atoms with Crippen molar-refractivity contribution in [2.45, 2.75) is 18.4 Å². The molecule has 1 saturated carbocycles. The summed E-state index contributed by atoms with van der Waals surface area (Å²) in [5, 5.41) is 6.32. The van der Waals surface area contributed by atoms with Crippen LogP contribution in [-0.4, -0.2) is 87.7 Å². The number of methoxy groups -OCH3 is 1. The zero-order valence-corrected chi connectivity index (χ0v) is 16.7. The summed E-state index contributed by atoms with van der Waals surface area (Å²) in [4.78, 5) is 20.7. The minimum absolute atomic E-state index is 0.0266. The Morgan fingerprint density at radius 1 is 1.29 bits per heavy atom. The lowest BCUT2D eigenvalue weighted by Crippen LogP contribution is -2.54. The first-order valence-electron chi connectivity index (χ1n) is 9.83. The van der Waals surface area contributed by atoms with Gasteiger partial charge in [-0.1, -0.05) is 18.2 Å². The first-order valence-corrected chi connectivity index (χ1v) is 9.83. The van der Waals surface area contributed by atoms with Gasteiger partial charge in [0.15, 0.2) is 5.96 Å². The Labute approximate surface area is 165 Å². The number of aliphatic imine (C=N–C) groups is 1. The highest BCUT2D eigenvalue weighted by molar-refractivity contribution is 5.81. The molecular formula is C20H30FN5O2. The van der Waals surface area contributed by atoms with E-state index in [4.69, 9.17) is 4.74 Å². The lowest BCUT2D eigenvalue weighted by molar-refractivity contribution is -0.122. The van der Waals surface area contributed by atoms with Crippen molar-refractivity contribution in [3.05, 3.63) is 35.6 Å². The molecule has 1 saturated heterocycles. The molecule has 1 aromatic rings. The Morgan fingerprint density at radius 2 is 2.04 bits per heavy atom. The van der Waals surface area contributed by atoms with E-state index in [0.717, 1.165) is 44.1 Å². The molecule has 1 aliphatic heterocycles. The average Bonchev–Trinajstić information content (AvgIpc) is 3.46. The van der Waals surface area contributed by atoms with Crippen molar-refractivity contribution in [1.82, 2.24) is 20.4 Å². The number of benzene rings is 1. The summed E-state index contributed by atoms with van der Waals surface area (Å²) in [6.07, 6.45) is 0.918. The fourth-order valence-electron chi connectivity index (χ4n) is 3.61. The van der Waals surface area contributed by atoms with E-state index in [2.05, 4.69) is 25.4 Å². The van der Waals surface area contributed by atoms with Crippen LogP contribution >= 0.6 is 0 Å². The molecule has 2 atom stereocenters. The van der Waals surface area contributed by atoms with E-state index in [1.807, 2.05) is 12.1 Å². The van der Waals surface area contributed by atoms with Crippen LogP contribution in [0.5, 0.6) is 0 Å². The van der Waals surface area contributed by atoms with Crippen molar-refractivity contribution in [3.8, 4) is 0 Å². The van der Waals surface area contributed by atoms with Crippen LogP contribution in [0.1, 0.15) is 17.9 Å². The largest absolute Gasteiger partial charge is 0.383 e. The van der Waals surface area contributed by atoms with Crippen molar-refractivity contribution in [3.63, 3.8) is 0 Å². The fraction of sp³-hybridized carbons (Fsp3) is 0.600. The number of guanidine groups is 1. The van der Waals surface area contributed by atoms with Gasteiger partial charge in [-0.25, -0.2) is 4.39 Å². The van der Waals surface area contributed by atoms with Gasteiger partial charge in [0, 0.05) is 58.8 Å². The maximum absolute atomic E-state index is 14.0. The second kappa shape index (κ2) is 9.84. The lowest BCUT2D eigenvalue weighted by Gasteiger charge is -2.36. The van der Waals surface area contributed by atoms with Crippen LogP contribution in [0.4, 0.5) is 4.39 Å². The molecule has 1 amide bonds. The quantitative estimate of drug-likeness (QED) is 0.406. The number of carbonyl (C=O) groups is 1. The summed E-state index contributed by atoms with van der Waals surface area (Å²) in [6, 6.07) is 7.21. The van der Waals surface area contributed by atoms with Gasteiger partial charge in [0.2, 0.25) is 5.91 Å². The van der Waals surface area contributed by atoms with Gasteiger partial charge in [-0.15, -0.1) is 0 Å². The Kier molecular flexibility index (Phi) is 7.22. The van der Waals surface area contributed by atoms with Crippen molar-refractivity contribution in [2.24, 2.45) is 4.99 Å². The van der Waals surface area contributed by atoms with Gasteiger partial charge < -0.3 is 20.3 Å². The molecule has 154 valence electrons. The van der Waals surface area contributed by atoms with Crippen molar-refractivity contribution >= 4 is 11.9 Å². The fourth-order valence-corrected chi connectivity index (χ4v) is 3.61. The number of halogens is 1. The maximum Gasteiger partial charge on any atom is 0.234 e. The van der Waals surface area contributed by atoms with E-state index in [1.54, 1.807) is 20.2 Å². The lowest BCUT2D eigenvalue weighted by atomic mass is 10.1. The number of amides is 1. The number of hydrogen-bond donors (Lipinski definition) is 2. The number of ether oxygens (including phenoxy) is 1. The predicted octanol–water partition coefficient (Wildman–Crippen LogP) is 0.637. The van der Waals surface area contributed by atoms with E-state index in [9.17, 15) is 9.18 Å². The second-order valence-electron chi connectivity index (χ2n) is 7.27. The van der Waals surface area contributed by atoms with Crippen LogP contribution in [0.3, 0.4) is 0 Å². The molecule has 0 radical (unpaired) electrons. The van der Waals surface area contributed by atoms with Crippen LogP contribution in [0.25, 0.3) is 0 Å². The van der Waals surface area contributed by atoms with Gasteiger partial charge in [0.25, 0.3) is 0 Å². The van der Waals surface area contributed by atoms with Crippen LogP contribution in [0, 0.1) is 5.82 Å². The van der Waals surface area contributed by atoms with Crippen molar-refractivity contribution < 1.29 is 13.9 Å². The molecule has 1 aromatic carbocycles. The van der Waals surface area contributed by atoms with Crippen LogP contribution in [-0.2, 0) is 9.53 Å². The number of nitrogens with zero attached hydrogens (tertiary/aromatic N) is 3. The maximum atomic E-state index is 14.0. The number of nitrogens with one attached hydrogen (secondary N) is 2. The molecule has 1 aliphatic carbocycles. The number of hydrogen-bond acceptors (Lipinski definition) is 4. The topological polar surface area (TPSA) is 69.2 Å². The first kappa shape index (κ1) is 20.5. The van der Waals surface area contributed by atoms with Gasteiger partial charge in [0.05, 0.1) is 13.2 Å². The summed E-state index contributed by atoms with van der Waals surface area (Å²) >= 11 is 0. The molecule has 0 bridgehead atoms. The highest BCUT2D eigenvalue weighted by atomic mass is 19.1. The van der Waals surface area contributed by atoms with E-state index in [1.165, 1.54) is 6.07 Å². The van der Waals surface area contributed by atoms with Gasteiger partial charge in [-0.05, 0) is 18.1 Å².